The molecule has 266 valence electrons. The first-order chi connectivity index (χ1) is 25.8. The predicted octanol–water partition coefficient (Wildman–Crippen LogP) is 5.37. The van der Waals surface area contributed by atoms with E-state index in [1.54, 1.807) is 91.3 Å². The Labute approximate surface area is 305 Å². The van der Waals surface area contributed by atoms with E-state index in [1.807, 2.05) is 24.3 Å². The van der Waals surface area contributed by atoms with Gasteiger partial charge in [-0.15, -0.1) is 0 Å². The molecule has 0 spiro atoms. The fourth-order valence-corrected chi connectivity index (χ4v) is 6.87. The lowest BCUT2D eigenvalue weighted by atomic mass is 10.0. The summed E-state index contributed by atoms with van der Waals surface area (Å²) in [5.41, 5.74) is 4.69. The molecule has 2 fully saturated rings. The molecule has 0 radical (unpaired) electrons. The number of amides is 4. The third-order valence-corrected chi connectivity index (χ3v) is 9.60. The highest BCUT2D eigenvalue weighted by molar-refractivity contribution is 6.43. The van der Waals surface area contributed by atoms with E-state index in [0.29, 0.717) is 67.0 Å². The minimum absolute atomic E-state index is 0.291. The number of anilines is 2. The standard InChI is InChI=1S/C41H36N6O6/c48-36(28-9-3-1-4-10-28)40(52)46-23-7-13-32(46)38(50)44-30-19-15-26(16-20-30)34-35(43-25-42-34)27-17-21-31(22-18-27)45-39(51)33-14-8-24-47(33)41(53)37(49)29-11-5-2-6-12-29/h1-6,9-12,15-22,25,32-33H,7-8,13-14,23-24H2,(H,42,43)(H,44,50)(H,45,51). The molecule has 0 bridgehead atoms. The smallest absolute Gasteiger partial charge is 0.295 e. The van der Waals surface area contributed by atoms with Gasteiger partial charge in [-0.05, 0) is 49.9 Å². The summed E-state index contributed by atoms with van der Waals surface area (Å²) >= 11 is 0. The van der Waals surface area contributed by atoms with Crippen LogP contribution in [0.15, 0.2) is 116 Å². The van der Waals surface area contributed by atoms with Crippen LogP contribution in [-0.2, 0) is 19.2 Å². The molecule has 2 aliphatic heterocycles. The summed E-state index contributed by atoms with van der Waals surface area (Å²) < 4.78 is 0. The van der Waals surface area contributed by atoms with Gasteiger partial charge in [0.05, 0.1) is 17.7 Å². The van der Waals surface area contributed by atoms with Gasteiger partial charge < -0.3 is 25.4 Å². The minimum Gasteiger partial charge on any atom is -0.344 e. The molecule has 7 rings (SSSR count). The van der Waals surface area contributed by atoms with Crippen molar-refractivity contribution in [1.29, 1.82) is 0 Å². The summed E-state index contributed by atoms with van der Waals surface area (Å²) in [7, 11) is 0. The summed E-state index contributed by atoms with van der Waals surface area (Å²) in [6.45, 7) is 0.670. The molecule has 12 nitrogen and oxygen atoms in total. The van der Waals surface area contributed by atoms with Gasteiger partial charge in [0.15, 0.2) is 0 Å². The summed E-state index contributed by atoms with van der Waals surface area (Å²) in [5.74, 6) is -3.35. The SMILES string of the molecule is O=C(C(=O)N1CCCC1C(=O)Nc1ccc(-c2nc[nH]c2-c2ccc(NC(=O)C3CCCN3C(=O)C(=O)c3ccccc3)cc2)cc1)c1ccccc1. The number of aromatic nitrogens is 2. The first kappa shape index (κ1) is 34.7. The third kappa shape index (κ3) is 7.38. The van der Waals surface area contributed by atoms with Crippen LogP contribution in [-0.4, -0.2) is 80.1 Å². The van der Waals surface area contributed by atoms with Crippen LogP contribution < -0.4 is 10.6 Å². The van der Waals surface area contributed by atoms with Crippen molar-refractivity contribution < 1.29 is 28.8 Å². The zero-order valence-corrected chi connectivity index (χ0v) is 28.7. The first-order valence-electron chi connectivity index (χ1n) is 17.4. The van der Waals surface area contributed by atoms with Gasteiger partial charge in [-0.3, -0.25) is 28.8 Å². The van der Waals surface area contributed by atoms with Gasteiger partial charge >= 0.3 is 0 Å². The van der Waals surface area contributed by atoms with Gasteiger partial charge in [-0.25, -0.2) is 4.98 Å². The number of hydrogen-bond donors (Lipinski definition) is 3. The maximum atomic E-state index is 13.2. The van der Waals surface area contributed by atoms with Crippen LogP contribution in [0, 0.1) is 0 Å². The van der Waals surface area contributed by atoms with E-state index >= 15 is 0 Å². The van der Waals surface area contributed by atoms with Crippen LogP contribution in [0.3, 0.4) is 0 Å². The van der Waals surface area contributed by atoms with Gasteiger partial charge in [0, 0.05) is 46.7 Å². The number of H-pyrrole nitrogens is 1. The maximum absolute atomic E-state index is 13.2. The normalized spacial score (nSPS) is 16.6. The molecule has 4 aromatic carbocycles. The van der Waals surface area contributed by atoms with Crippen molar-refractivity contribution in [3.8, 4) is 22.5 Å². The third-order valence-electron chi connectivity index (χ3n) is 9.60. The highest BCUT2D eigenvalue weighted by atomic mass is 16.2. The van der Waals surface area contributed by atoms with E-state index in [1.165, 1.54) is 9.80 Å². The number of carbonyl (C=O) groups is 6. The average Bonchev–Trinajstić information content (AvgIpc) is 4.00. The molecule has 0 aliphatic carbocycles. The molecule has 3 heterocycles. The predicted molar refractivity (Wildman–Crippen MR) is 198 cm³/mol. The molecule has 0 saturated carbocycles. The van der Waals surface area contributed by atoms with E-state index < -0.39 is 35.5 Å². The van der Waals surface area contributed by atoms with Crippen molar-refractivity contribution in [2.24, 2.45) is 0 Å². The molecule has 12 heteroatoms. The lowest BCUT2D eigenvalue weighted by Gasteiger charge is -2.23. The Balaban J connectivity index is 0.971. The zero-order chi connectivity index (χ0) is 36.9. The zero-order valence-electron chi connectivity index (χ0n) is 28.7. The lowest BCUT2D eigenvalue weighted by Crippen LogP contribution is -2.46. The molecule has 3 N–H and O–H groups in total. The second kappa shape index (κ2) is 15.3. The molecule has 53 heavy (non-hydrogen) atoms. The molecule has 2 unspecified atom stereocenters. The van der Waals surface area contributed by atoms with Crippen LogP contribution >= 0.6 is 0 Å². The average molecular weight is 709 g/mol. The molecule has 5 aromatic rings. The van der Waals surface area contributed by atoms with Gasteiger partial charge in [-0.1, -0.05) is 84.9 Å². The maximum Gasteiger partial charge on any atom is 0.295 e. The number of carbonyl (C=O) groups excluding carboxylic acids is 6. The van der Waals surface area contributed by atoms with E-state index in [2.05, 4.69) is 20.6 Å². The van der Waals surface area contributed by atoms with Crippen LogP contribution in [0.4, 0.5) is 11.4 Å². The molecular formula is C41H36N6O6. The molecule has 2 aliphatic rings. The Morgan fingerprint density at radius 1 is 0.566 bits per heavy atom. The number of ketones is 2. The van der Waals surface area contributed by atoms with Crippen molar-refractivity contribution in [3.63, 3.8) is 0 Å². The topological polar surface area (TPSA) is 162 Å². The van der Waals surface area contributed by atoms with Gasteiger partial charge in [0.2, 0.25) is 23.4 Å². The Kier molecular flexibility index (Phi) is 10.0. The van der Waals surface area contributed by atoms with Gasteiger partial charge in [0.25, 0.3) is 11.8 Å². The molecular weight excluding hydrogens is 672 g/mol. The van der Waals surface area contributed by atoms with E-state index in [0.717, 1.165) is 16.8 Å². The van der Waals surface area contributed by atoms with Crippen molar-refractivity contribution in [2.75, 3.05) is 23.7 Å². The Morgan fingerprint density at radius 3 is 1.45 bits per heavy atom. The highest BCUT2D eigenvalue weighted by Gasteiger charge is 2.38. The largest absolute Gasteiger partial charge is 0.344 e. The lowest BCUT2D eigenvalue weighted by molar-refractivity contribution is -0.132. The number of nitrogens with zero attached hydrogens (tertiary/aromatic N) is 3. The fourth-order valence-electron chi connectivity index (χ4n) is 6.87. The Morgan fingerprint density at radius 2 is 1.00 bits per heavy atom. The minimum atomic E-state index is -0.746. The van der Waals surface area contributed by atoms with E-state index in [-0.39, 0.29) is 11.8 Å². The van der Waals surface area contributed by atoms with Crippen LogP contribution in [0.1, 0.15) is 46.4 Å². The number of benzene rings is 4. The molecule has 2 saturated heterocycles. The fraction of sp³-hybridized carbons (Fsp3) is 0.195. The molecule has 2 atom stereocenters. The second-order valence-electron chi connectivity index (χ2n) is 13.0. The first-order valence-corrected chi connectivity index (χ1v) is 17.4. The monoisotopic (exact) mass is 708 g/mol. The number of likely N-dealkylation sites (tertiary alicyclic amines) is 2. The van der Waals surface area contributed by atoms with Gasteiger partial charge in [-0.2, -0.15) is 0 Å². The van der Waals surface area contributed by atoms with Crippen LogP contribution in [0.25, 0.3) is 22.5 Å². The summed E-state index contributed by atoms with van der Waals surface area (Å²) in [4.78, 5) is 88.4. The number of imidazole rings is 1. The van der Waals surface area contributed by atoms with E-state index in [4.69, 9.17) is 0 Å². The molecule has 1 aromatic heterocycles. The summed E-state index contributed by atoms with van der Waals surface area (Å²) in [6, 6.07) is 29.5. The number of hydrogen-bond acceptors (Lipinski definition) is 7. The van der Waals surface area contributed by atoms with Crippen molar-refractivity contribution in [2.45, 2.75) is 37.8 Å². The molecule has 4 amide bonds. The van der Waals surface area contributed by atoms with Crippen molar-refractivity contribution >= 4 is 46.6 Å². The van der Waals surface area contributed by atoms with Crippen molar-refractivity contribution in [1.82, 2.24) is 19.8 Å². The van der Waals surface area contributed by atoms with E-state index in [9.17, 15) is 28.8 Å². The van der Waals surface area contributed by atoms with Crippen LogP contribution in [0.5, 0.6) is 0 Å². The number of aromatic amines is 1. The van der Waals surface area contributed by atoms with Crippen molar-refractivity contribution in [3.05, 3.63) is 127 Å². The summed E-state index contributed by atoms with van der Waals surface area (Å²) in [6.07, 6.45) is 3.76. The van der Waals surface area contributed by atoms with Crippen LogP contribution in [0.2, 0.25) is 0 Å². The second-order valence-corrected chi connectivity index (χ2v) is 13.0. The van der Waals surface area contributed by atoms with Gasteiger partial charge in [0.1, 0.15) is 12.1 Å². The Bertz CT molecular complexity index is 2010. The number of Topliss-reactive ketones (excluding diaryl/α,β-unsaturated/α-hetero) is 2. The quantitative estimate of drug-likeness (QED) is 0.130. The highest BCUT2D eigenvalue weighted by Crippen LogP contribution is 2.31. The number of nitrogens with one attached hydrogen (secondary N) is 3. The summed E-state index contributed by atoms with van der Waals surface area (Å²) in [5, 5.41) is 5.77. The Hall–Kier alpha value is -6.69. The number of rotatable bonds is 10.